The Hall–Kier alpha value is -1.02. The van der Waals surface area contributed by atoms with E-state index in [1.807, 2.05) is 20.8 Å². The topological polar surface area (TPSA) is 32.3 Å². The van der Waals surface area contributed by atoms with Gasteiger partial charge in [-0.25, -0.2) is 0 Å². The minimum absolute atomic E-state index is 0.241. The van der Waals surface area contributed by atoms with Crippen molar-refractivity contribution in [1.82, 2.24) is 0 Å². The second-order valence-corrected chi connectivity index (χ2v) is 5.18. The Morgan fingerprint density at radius 1 is 1.31 bits per heavy atom. The third kappa shape index (κ3) is 3.24. The third-order valence-electron chi connectivity index (χ3n) is 3.27. The van der Waals surface area contributed by atoms with Gasteiger partial charge in [-0.15, -0.1) is 0 Å². The predicted molar refractivity (Wildman–Crippen MR) is 69.9 cm³/mol. The molecule has 0 fully saturated rings. The van der Waals surface area contributed by atoms with Crippen LogP contribution in [0.4, 0.5) is 5.69 Å². The zero-order valence-electron chi connectivity index (χ0n) is 11.0. The number of anilines is 1. The Balaban J connectivity index is 2.71. The molecular weight excluding hydrogens is 198 g/mol. The maximum absolute atomic E-state index is 10.2. The SMILES string of the molecule is Cc1ccc(C)c(NCC(C)(O)C(C)C)c1. The van der Waals surface area contributed by atoms with Crippen LogP contribution in [0.25, 0.3) is 0 Å². The van der Waals surface area contributed by atoms with Crippen molar-refractivity contribution in [3.05, 3.63) is 29.3 Å². The summed E-state index contributed by atoms with van der Waals surface area (Å²) in [6.45, 7) is 10.7. The van der Waals surface area contributed by atoms with Crippen molar-refractivity contribution in [2.24, 2.45) is 5.92 Å². The quantitative estimate of drug-likeness (QED) is 0.818. The fourth-order valence-electron chi connectivity index (χ4n) is 1.40. The van der Waals surface area contributed by atoms with Crippen molar-refractivity contribution in [3.8, 4) is 0 Å². The van der Waals surface area contributed by atoms with Crippen molar-refractivity contribution in [2.75, 3.05) is 11.9 Å². The molecule has 0 saturated heterocycles. The molecular formula is C14H23NO. The number of hydrogen-bond acceptors (Lipinski definition) is 2. The van der Waals surface area contributed by atoms with Crippen LogP contribution in [0.15, 0.2) is 18.2 Å². The lowest BCUT2D eigenvalue weighted by molar-refractivity contribution is 0.0266. The van der Waals surface area contributed by atoms with Crippen LogP contribution in [0.3, 0.4) is 0 Å². The number of rotatable bonds is 4. The first-order valence-corrected chi connectivity index (χ1v) is 5.86. The lowest BCUT2D eigenvalue weighted by Gasteiger charge is -2.28. The first-order valence-electron chi connectivity index (χ1n) is 5.86. The van der Waals surface area contributed by atoms with Gasteiger partial charge in [-0.2, -0.15) is 0 Å². The summed E-state index contributed by atoms with van der Waals surface area (Å²) in [4.78, 5) is 0. The van der Waals surface area contributed by atoms with Gasteiger partial charge in [0.05, 0.1) is 5.60 Å². The maximum atomic E-state index is 10.2. The summed E-state index contributed by atoms with van der Waals surface area (Å²) in [6.07, 6.45) is 0. The Kier molecular flexibility index (Phi) is 3.98. The number of hydrogen-bond donors (Lipinski definition) is 2. The zero-order valence-corrected chi connectivity index (χ0v) is 11.0. The molecule has 16 heavy (non-hydrogen) atoms. The van der Waals surface area contributed by atoms with Gasteiger partial charge >= 0.3 is 0 Å². The zero-order chi connectivity index (χ0) is 12.3. The molecule has 1 rings (SSSR count). The van der Waals surface area contributed by atoms with Crippen molar-refractivity contribution >= 4 is 5.69 Å². The summed E-state index contributed by atoms with van der Waals surface area (Å²) in [7, 11) is 0. The number of aryl methyl sites for hydroxylation is 2. The Bertz CT molecular complexity index is 356. The van der Waals surface area contributed by atoms with Gasteiger partial charge in [0.2, 0.25) is 0 Å². The molecule has 2 heteroatoms. The molecule has 1 unspecified atom stereocenters. The van der Waals surface area contributed by atoms with E-state index in [4.69, 9.17) is 0 Å². The highest BCUT2D eigenvalue weighted by Gasteiger charge is 2.24. The molecule has 0 spiro atoms. The van der Waals surface area contributed by atoms with Crippen LogP contribution in [-0.2, 0) is 0 Å². The molecule has 1 aromatic rings. The normalized spacial score (nSPS) is 14.9. The van der Waals surface area contributed by atoms with Crippen molar-refractivity contribution in [2.45, 2.75) is 40.2 Å². The highest BCUT2D eigenvalue weighted by atomic mass is 16.3. The van der Waals surface area contributed by atoms with E-state index < -0.39 is 5.60 Å². The maximum Gasteiger partial charge on any atom is 0.0813 e. The molecule has 0 radical (unpaired) electrons. The molecule has 0 bridgehead atoms. The Morgan fingerprint density at radius 3 is 2.50 bits per heavy atom. The molecule has 0 amide bonds. The van der Waals surface area contributed by atoms with Crippen LogP contribution in [0.5, 0.6) is 0 Å². The summed E-state index contributed by atoms with van der Waals surface area (Å²) in [6, 6.07) is 6.31. The molecule has 1 atom stereocenters. The first kappa shape index (κ1) is 13.0. The summed E-state index contributed by atoms with van der Waals surface area (Å²) >= 11 is 0. The average Bonchev–Trinajstić information content (AvgIpc) is 2.19. The van der Waals surface area contributed by atoms with Gasteiger partial charge in [0.15, 0.2) is 0 Å². The molecule has 2 nitrogen and oxygen atoms in total. The minimum Gasteiger partial charge on any atom is -0.388 e. The molecule has 0 saturated carbocycles. The van der Waals surface area contributed by atoms with E-state index in [0.29, 0.717) is 6.54 Å². The molecule has 90 valence electrons. The summed E-state index contributed by atoms with van der Waals surface area (Å²) in [5.74, 6) is 0.241. The third-order valence-corrected chi connectivity index (χ3v) is 3.27. The van der Waals surface area contributed by atoms with Gasteiger partial charge in [0.1, 0.15) is 0 Å². The highest BCUT2D eigenvalue weighted by molar-refractivity contribution is 5.52. The van der Waals surface area contributed by atoms with Crippen LogP contribution in [0.1, 0.15) is 31.9 Å². The van der Waals surface area contributed by atoms with Crippen LogP contribution < -0.4 is 5.32 Å². The molecule has 0 aliphatic rings. The van der Waals surface area contributed by atoms with E-state index >= 15 is 0 Å². The molecule has 0 heterocycles. The predicted octanol–water partition coefficient (Wildman–Crippen LogP) is 3.12. The van der Waals surface area contributed by atoms with Crippen LogP contribution in [-0.4, -0.2) is 17.3 Å². The van der Waals surface area contributed by atoms with Gasteiger partial charge in [-0.05, 0) is 43.9 Å². The Morgan fingerprint density at radius 2 is 1.94 bits per heavy atom. The van der Waals surface area contributed by atoms with Gasteiger partial charge in [0, 0.05) is 12.2 Å². The first-order chi connectivity index (χ1) is 7.33. The van der Waals surface area contributed by atoms with E-state index in [1.54, 1.807) is 0 Å². The summed E-state index contributed by atoms with van der Waals surface area (Å²) in [5.41, 5.74) is 2.89. The standard InChI is InChI=1S/C14H23NO/c1-10(2)14(5,16)9-15-13-8-11(3)6-7-12(13)4/h6-8,10,15-16H,9H2,1-5H3. The van der Waals surface area contributed by atoms with Crippen molar-refractivity contribution in [3.63, 3.8) is 0 Å². The molecule has 1 aromatic carbocycles. The summed E-state index contributed by atoms with van der Waals surface area (Å²) < 4.78 is 0. The number of nitrogens with one attached hydrogen (secondary N) is 1. The Labute approximate surface area is 98.7 Å². The fraction of sp³-hybridized carbons (Fsp3) is 0.571. The average molecular weight is 221 g/mol. The lowest BCUT2D eigenvalue weighted by atomic mass is 9.92. The molecule has 2 N–H and O–H groups in total. The van der Waals surface area contributed by atoms with E-state index in [9.17, 15) is 5.11 Å². The lowest BCUT2D eigenvalue weighted by Crippen LogP contribution is -2.38. The van der Waals surface area contributed by atoms with E-state index in [-0.39, 0.29) is 5.92 Å². The number of aliphatic hydroxyl groups is 1. The van der Waals surface area contributed by atoms with E-state index in [2.05, 4.69) is 37.4 Å². The van der Waals surface area contributed by atoms with Crippen molar-refractivity contribution < 1.29 is 5.11 Å². The van der Waals surface area contributed by atoms with Crippen molar-refractivity contribution in [1.29, 1.82) is 0 Å². The van der Waals surface area contributed by atoms with Gasteiger partial charge < -0.3 is 10.4 Å². The number of benzene rings is 1. The smallest absolute Gasteiger partial charge is 0.0813 e. The minimum atomic E-state index is -0.670. The largest absolute Gasteiger partial charge is 0.388 e. The van der Waals surface area contributed by atoms with Crippen LogP contribution >= 0.6 is 0 Å². The monoisotopic (exact) mass is 221 g/mol. The fourth-order valence-corrected chi connectivity index (χ4v) is 1.40. The molecule has 0 aliphatic heterocycles. The van der Waals surface area contributed by atoms with Crippen LogP contribution in [0.2, 0.25) is 0 Å². The van der Waals surface area contributed by atoms with Gasteiger partial charge in [-0.1, -0.05) is 26.0 Å². The van der Waals surface area contributed by atoms with Crippen LogP contribution in [0, 0.1) is 19.8 Å². The van der Waals surface area contributed by atoms with Gasteiger partial charge in [0.25, 0.3) is 0 Å². The second kappa shape index (κ2) is 4.88. The van der Waals surface area contributed by atoms with E-state index in [0.717, 1.165) is 5.69 Å². The van der Waals surface area contributed by atoms with Gasteiger partial charge in [-0.3, -0.25) is 0 Å². The molecule has 0 aliphatic carbocycles. The summed E-state index contributed by atoms with van der Waals surface area (Å²) in [5, 5.41) is 13.5. The van der Waals surface area contributed by atoms with E-state index in [1.165, 1.54) is 11.1 Å². The highest BCUT2D eigenvalue weighted by Crippen LogP contribution is 2.20. The second-order valence-electron chi connectivity index (χ2n) is 5.18. The molecule has 0 aromatic heterocycles.